The zero-order valence-electron chi connectivity index (χ0n) is 15.3. The van der Waals surface area contributed by atoms with E-state index in [0.717, 1.165) is 11.1 Å². The first-order valence-corrected chi connectivity index (χ1v) is 8.70. The molecule has 2 aromatic rings. The highest BCUT2D eigenvalue weighted by Crippen LogP contribution is 2.30. The van der Waals surface area contributed by atoms with Gasteiger partial charge >= 0.3 is 0 Å². The van der Waals surface area contributed by atoms with Gasteiger partial charge in [-0.25, -0.2) is 0 Å². The number of nitrogens with two attached hydrogens (primary N) is 1. The van der Waals surface area contributed by atoms with Crippen LogP contribution in [0.2, 0.25) is 0 Å². The number of carbonyl (C=O) groups excluding carboxylic acids is 1. The van der Waals surface area contributed by atoms with Crippen molar-refractivity contribution in [1.29, 1.82) is 0 Å². The molecule has 0 fully saturated rings. The van der Waals surface area contributed by atoms with Crippen LogP contribution in [0.5, 0.6) is 0 Å². The van der Waals surface area contributed by atoms with E-state index in [0.29, 0.717) is 30.5 Å². The molecule has 4 heteroatoms. The third-order valence-electron chi connectivity index (χ3n) is 4.96. The highest BCUT2D eigenvalue weighted by molar-refractivity contribution is 6.07. The van der Waals surface area contributed by atoms with Crippen molar-refractivity contribution in [3.63, 3.8) is 0 Å². The van der Waals surface area contributed by atoms with E-state index >= 15 is 0 Å². The Hall–Kier alpha value is -2.17. The summed E-state index contributed by atoms with van der Waals surface area (Å²) in [5, 5.41) is 9.08. The summed E-state index contributed by atoms with van der Waals surface area (Å²) in [6.07, 6.45) is 1.86. The number of hydrogen-bond acceptors (Lipinski definition) is 4. The van der Waals surface area contributed by atoms with Gasteiger partial charge in [0, 0.05) is 17.9 Å². The Labute approximate surface area is 150 Å². The van der Waals surface area contributed by atoms with Gasteiger partial charge in [0.05, 0.1) is 5.54 Å². The second-order valence-electron chi connectivity index (χ2n) is 6.67. The van der Waals surface area contributed by atoms with Gasteiger partial charge in [0.15, 0.2) is 5.78 Å². The van der Waals surface area contributed by atoms with E-state index in [1.807, 2.05) is 50.2 Å². The van der Waals surface area contributed by atoms with Gasteiger partial charge in [0.25, 0.3) is 0 Å². The van der Waals surface area contributed by atoms with Crippen LogP contribution >= 0.6 is 0 Å². The van der Waals surface area contributed by atoms with Crippen molar-refractivity contribution in [2.24, 2.45) is 0 Å². The molecule has 1 unspecified atom stereocenters. The third-order valence-corrected chi connectivity index (χ3v) is 4.96. The summed E-state index contributed by atoms with van der Waals surface area (Å²) in [5.74, 6) is 0.0388. The van der Waals surface area contributed by atoms with Crippen LogP contribution in [0.25, 0.3) is 0 Å². The number of likely N-dealkylation sites (N-methyl/N-ethyl adjacent to an activating group) is 1. The minimum Gasteiger partial charge on any atom is -0.398 e. The summed E-state index contributed by atoms with van der Waals surface area (Å²) in [7, 11) is 3.89. The van der Waals surface area contributed by atoms with Crippen LogP contribution in [-0.4, -0.2) is 42.0 Å². The van der Waals surface area contributed by atoms with E-state index in [1.165, 1.54) is 0 Å². The van der Waals surface area contributed by atoms with Crippen molar-refractivity contribution >= 4 is 11.5 Å². The smallest absolute Gasteiger partial charge is 0.185 e. The summed E-state index contributed by atoms with van der Waals surface area (Å²) in [6.45, 7) is 2.11. The lowest BCUT2D eigenvalue weighted by molar-refractivity contribution is 0.0667. The highest BCUT2D eigenvalue weighted by Gasteiger charge is 2.40. The number of anilines is 1. The van der Waals surface area contributed by atoms with Crippen molar-refractivity contribution in [3.05, 3.63) is 65.2 Å². The molecule has 134 valence electrons. The number of nitrogen functional groups attached to an aromatic ring is 1. The Morgan fingerprint density at radius 3 is 2.32 bits per heavy atom. The molecule has 1 atom stereocenters. The first kappa shape index (κ1) is 19.2. The van der Waals surface area contributed by atoms with Crippen LogP contribution in [-0.2, 0) is 12.8 Å². The molecule has 2 aromatic carbocycles. The fourth-order valence-corrected chi connectivity index (χ4v) is 3.33. The molecule has 25 heavy (non-hydrogen) atoms. The van der Waals surface area contributed by atoms with Crippen molar-refractivity contribution < 1.29 is 9.90 Å². The van der Waals surface area contributed by atoms with Crippen LogP contribution < -0.4 is 5.73 Å². The molecule has 4 nitrogen and oxygen atoms in total. The Kier molecular flexibility index (Phi) is 6.34. The summed E-state index contributed by atoms with van der Waals surface area (Å²) >= 11 is 0. The van der Waals surface area contributed by atoms with E-state index in [-0.39, 0.29) is 12.4 Å². The minimum absolute atomic E-state index is 0.0388. The molecule has 0 heterocycles. The predicted octanol–water partition coefficient (Wildman–Crippen LogP) is 2.94. The molecule has 0 saturated carbocycles. The van der Waals surface area contributed by atoms with Gasteiger partial charge in [-0.3, -0.25) is 9.69 Å². The summed E-state index contributed by atoms with van der Waals surface area (Å²) in [4.78, 5) is 15.5. The first-order chi connectivity index (χ1) is 11.9. The second kappa shape index (κ2) is 8.28. The summed E-state index contributed by atoms with van der Waals surface area (Å²) < 4.78 is 0. The van der Waals surface area contributed by atoms with Gasteiger partial charge in [0.1, 0.15) is 0 Å². The molecule has 0 spiro atoms. The van der Waals surface area contributed by atoms with Gasteiger partial charge in [-0.2, -0.15) is 0 Å². The maximum absolute atomic E-state index is 13.5. The molecule has 3 N–H and O–H groups in total. The average molecular weight is 340 g/mol. The molecule has 0 bridgehead atoms. The quantitative estimate of drug-likeness (QED) is 0.573. The molecule has 0 saturated heterocycles. The molecule has 0 aromatic heterocycles. The molecular weight excluding hydrogens is 312 g/mol. The van der Waals surface area contributed by atoms with Crippen LogP contribution in [0, 0.1) is 0 Å². The van der Waals surface area contributed by atoms with E-state index in [9.17, 15) is 4.79 Å². The zero-order valence-corrected chi connectivity index (χ0v) is 15.3. The van der Waals surface area contributed by atoms with Gasteiger partial charge < -0.3 is 10.8 Å². The number of Topliss-reactive ketones (excluding diaryl/α,β-unsaturated/α-hetero) is 1. The molecule has 0 aliphatic carbocycles. The Balaban J connectivity index is 2.42. The lowest BCUT2D eigenvalue weighted by Crippen LogP contribution is -2.52. The van der Waals surface area contributed by atoms with Gasteiger partial charge in [-0.05, 0) is 56.6 Å². The van der Waals surface area contributed by atoms with E-state index in [1.54, 1.807) is 12.1 Å². The molecule has 0 aliphatic heterocycles. The minimum atomic E-state index is -0.645. The largest absolute Gasteiger partial charge is 0.398 e. The summed E-state index contributed by atoms with van der Waals surface area (Å²) in [6, 6.07) is 15.5. The number of benzene rings is 2. The van der Waals surface area contributed by atoms with Crippen LogP contribution in [0.4, 0.5) is 5.69 Å². The zero-order chi connectivity index (χ0) is 18.4. The number of hydrogen-bond donors (Lipinski definition) is 2. The van der Waals surface area contributed by atoms with Crippen molar-refractivity contribution in [2.45, 2.75) is 31.7 Å². The number of aliphatic hydroxyl groups is 1. The lowest BCUT2D eigenvalue weighted by Gasteiger charge is -2.38. The number of aliphatic hydroxyl groups excluding tert-OH is 1. The van der Waals surface area contributed by atoms with Crippen molar-refractivity contribution in [3.8, 4) is 0 Å². The van der Waals surface area contributed by atoms with Crippen molar-refractivity contribution in [1.82, 2.24) is 4.90 Å². The molecule has 0 aliphatic rings. The average Bonchev–Trinajstić information content (AvgIpc) is 2.60. The fraction of sp³-hybridized carbons (Fsp3) is 0.381. The highest BCUT2D eigenvalue weighted by atomic mass is 16.3. The number of nitrogens with zero attached hydrogens (tertiary/aromatic N) is 1. The van der Waals surface area contributed by atoms with E-state index in [2.05, 4.69) is 12.1 Å². The fourth-order valence-electron chi connectivity index (χ4n) is 3.33. The Morgan fingerprint density at radius 1 is 1.12 bits per heavy atom. The Morgan fingerprint density at radius 2 is 1.80 bits per heavy atom. The van der Waals surface area contributed by atoms with Gasteiger partial charge in [-0.15, -0.1) is 0 Å². The SMILES string of the molecule is CCC(Cc1ccccc1)(C(=O)c1ccc(CCO)cc1N)N(C)C. The van der Waals surface area contributed by atoms with Crippen LogP contribution in [0.3, 0.4) is 0 Å². The normalized spacial score (nSPS) is 13.6. The molecule has 0 radical (unpaired) electrons. The van der Waals surface area contributed by atoms with Gasteiger partial charge in [0.2, 0.25) is 0 Å². The monoisotopic (exact) mass is 340 g/mol. The maximum Gasteiger partial charge on any atom is 0.185 e. The van der Waals surface area contributed by atoms with E-state index in [4.69, 9.17) is 10.8 Å². The van der Waals surface area contributed by atoms with Gasteiger partial charge in [-0.1, -0.05) is 43.3 Å². The molecular formula is C21H28N2O2. The maximum atomic E-state index is 13.5. The van der Waals surface area contributed by atoms with E-state index < -0.39 is 5.54 Å². The third kappa shape index (κ3) is 4.09. The Bertz CT molecular complexity index is 713. The first-order valence-electron chi connectivity index (χ1n) is 8.70. The number of ketones is 1. The van der Waals surface area contributed by atoms with Crippen molar-refractivity contribution in [2.75, 3.05) is 26.4 Å². The number of rotatable bonds is 8. The standard InChI is InChI=1S/C21H28N2O2/c1-4-21(23(2)3,15-17-8-6-5-7-9-17)20(25)18-11-10-16(12-13-24)14-19(18)22/h5-11,14,24H,4,12-13,15,22H2,1-3H3. The molecule has 2 rings (SSSR count). The second-order valence-corrected chi connectivity index (χ2v) is 6.67. The summed E-state index contributed by atoms with van der Waals surface area (Å²) in [5.41, 5.74) is 8.62. The molecule has 0 amide bonds. The lowest BCUT2D eigenvalue weighted by atomic mass is 9.79. The van der Waals surface area contributed by atoms with Crippen LogP contribution in [0.1, 0.15) is 34.8 Å². The predicted molar refractivity (Wildman–Crippen MR) is 103 cm³/mol. The van der Waals surface area contributed by atoms with Crippen LogP contribution in [0.15, 0.2) is 48.5 Å². The number of carbonyl (C=O) groups is 1. The topological polar surface area (TPSA) is 66.6 Å².